The third-order valence-corrected chi connectivity index (χ3v) is 4.10. The van der Waals surface area contributed by atoms with Gasteiger partial charge in [0.15, 0.2) is 0 Å². The quantitative estimate of drug-likeness (QED) is 0.805. The fourth-order valence-electron chi connectivity index (χ4n) is 1.99. The minimum Gasteiger partial charge on any atom is -0.411 e. The molecule has 0 spiro atoms. The van der Waals surface area contributed by atoms with E-state index in [1.54, 1.807) is 0 Å². The van der Waals surface area contributed by atoms with Gasteiger partial charge in [0.2, 0.25) is 5.89 Å². The summed E-state index contributed by atoms with van der Waals surface area (Å²) in [6.07, 6.45) is 4.93. The Balaban J connectivity index is 2.08. The van der Waals surface area contributed by atoms with E-state index in [2.05, 4.69) is 31.5 Å². The molecule has 0 N–H and O–H groups in total. The molecule has 0 unspecified atom stereocenters. The molecule has 0 fully saturated rings. The smallest absolute Gasteiger partial charge is 0.285 e. The van der Waals surface area contributed by atoms with Gasteiger partial charge >= 0.3 is 0 Å². The van der Waals surface area contributed by atoms with E-state index < -0.39 is 0 Å². The van der Waals surface area contributed by atoms with Crippen LogP contribution in [0.4, 0.5) is 0 Å². The first-order valence-corrected chi connectivity index (χ1v) is 6.60. The maximum absolute atomic E-state index is 5.40. The summed E-state index contributed by atoms with van der Waals surface area (Å²) in [6, 6.07) is 0. The molecule has 5 heteroatoms. The van der Waals surface area contributed by atoms with Gasteiger partial charge in [0.1, 0.15) is 0 Å². The summed E-state index contributed by atoms with van der Waals surface area (Å²) in [5.41, 5.74) is 2.55. The van der Waals surface area contributed by atoms with Crippen LogP contribution in [0.25, 0.3) is 11.5 Å². The third kappa shape index (κ3) is 1.63. The predicted molar refractivity (Wildman–Crippen MR) is 62.0 cm³/mol. The topological polar surface area (TPSA) is 38.9 Å². The summed E-state index contributed by atoms with van der Waals surface area (Å²) in [6.45, 7) is 0. The van der Waals surface area contributed by atoms with E-state index in [9.17, 15) is 0 Å². The van der Waals surface area contributed by atoms with E-state index in [4.69, 9.17) is 4.42 Å². The minimum absolute atomic E-state index is 0.452. The molecule has 0 radical (unpaired) electrons. The molecule has 0 bridgehead atoms. The lowest BCUT2D eigenvalue weighted by Gasteiger charge is -2.10. The number of aryl methyl sites for hydroxylation is 1. The highest BCUT2D eigenvalue weighted by Crippen LogP contribution is 2.36. The van der Waals surface area contributed by atoms with Gasteiger partial charge in [-0.05, 0) is 31.2 Å². The molecule has 3 rings (SSSR count). The van der Waals surface area contributed by atoms with Crippen molar-refractivity contribution in [1.29, 1.82) is 0 Å². The summed E-state index contributed by atoms with van der Waals surface area (Å²) in [5, 5.41) is 9.97. The number of nitrogens with zero attached hydrogens (tertiary/aromatic N) is 2. The van der Waals surface area contributed by atoms with Crippen LogP contribution in [0.1, 0.15) is 23.3 Å². The van der Waals surface area contributed by atoms with Crippen LogP contribution in [0.3, 0.4) is 0 Å². The average molecular weight is 285 g/mol. The zero-order valence-corrected chi connectivity index (χ0v) is 10.4. The normalized spacial score (nSPS) is 15.3. The molecule has 78 valence electrons. The molecular weight excluding hydrogens is 276 g/mol. The van der Waals surface area contributed by atoms with Crippen LogP contribution in [-0.2, 0) is 12.8 Å². The Morgan fingerprint density at radius 3 is 2.93 bits per heavy atom. The van der Waals surface area contributed by atoms with Crippen molar-refractivity contribution in [2.45, 2.75) is 25.7 Å². The second-order valence-electron chi connectivity index (χ2n) is 3.62. The molecule has 0 saturated heterocycles. The molecule has 0 atom stereocenters. The van der Waals surface area contributed by atoms with Crippen molar-refractivity contribution in [3.05, 3.63) is 20.6 Å². The fourth-order valence-corrected chi connectivity index (χ4v) is 3.34. The minimum atomic E-state index is 0.452. The molecule has 0 saturated carbocycles. The molecule has 0 amide bonds. The number of aromatic nitrogens is 2. The van der Waals surface area contributed by atoms with Crippen LogP contribution in [0.15, 0.2) is 14.6 Å². The third-order valence-electron chi connectivity index (χ3n) is 2.69. The first-order valence-electron chi connectivity index (χ1n) is 4.93. The highest BCUT2D eigenvalue weighted by atomic mass is 79.9. The van der Waals surface area contributed by atoms with Crippen LogP contribution in [0, 0.1) is 0 Å². The summed E-state index contributed by atoms with van der Waals surface area (Å²) in [5.74, 6) is 0.640. The number of thiophene rings is 1. The van der Waals surface area contributed by atoms with Gasteiger partial charge in [-0.1, -0.05) is 0 Å². The average Bonchev–Trinajstić information content (AvgIpc) is 2.83. The zero-order chi connectivity index (χ0) is 10.3. The van der Waals surface area contributed by atoms with Gasteiger partial charge in [-0.2, -0.15) is 0 Å². The largest absolute Gasteiger partial charge is 0.411 e. The fraction of sp³-hybridized carbons (Fsp3) is 0.400. The van der Waals surface area contributed by atoms with Gasteiger partial charge < -0.3 is 4.42 Å². The van der Waals surface area contributed by atoms with E-state index in [1.165, 1.54) is 29.7 Å². The Labute approximate surface area is 99.7 Å². The van der Waals surface area contributed by atoms with Crippen LogP contribution in [-0.4, -0.2) is 10.2 Å². The Bertz CT molecular complexity index is 491. The van der Waals surface area contributed by atoms with Crippen molar-refractivity contribution in [3.63, 3.8) is 0 Å². The molecule has 3 nitrogen and oxygen atoms in total. The first kappa shape index (κ1) is 9.54. The molecular formula is C10H9BrN2OS. The summed E-state index contributed by atoms with van der Waals surface area (Å²) < 4.78 is 5.40. The first-order chi connectivity index (χ1) is 7.34. The van der Waals surface area contributed by atoms with Gasteiger partial charge in [-0.25, -0.2) is 0 Å². The Kier molecular flexibility index (Phi) is 2.36. The number of hydrogen-bond donors (Lipinski definition) is 0. The maximum Gasteiger partial charge on any atom is 0.285 e. The van der Waals surface area contributed by atoms with Crippen LogP contribution in [0.5, 0.6) is 0 Å². The predicted octanol–water partition coefficient (Wildman–Crippen LogP) is 3.44. The van der Waals surface area contributed by atoms with Crippen LogP contribution >= 0.6 is 27.3 Å². The molecule has 2 aromatic rings. The standard InChI is InChI=1S/C10H9BrN2OS/c11-10-13-12-9(14-10)7-5-15-8-4-2-1-3-6(7)8/h5H,1-4H2. The van der Waals surface area contributed by atoms with Gasteiger partial charge in [-0.3, -0.25) is 0 Å². The van der Waals surface area contributed by atoms with Crippen molar-refractivity contribution in [2.24, 2.45) is 0 Å². The van der Waals surface area contributed by atoms with Gasteiger partial charge in [0.25, 0.3) is 4.80 Å². The lowest BCUT2D eigenvalue weighted by atomic mass is 9.96. The van der Waals surface area contributed by atoms with Crippen molar-refractivity contribution < 1.29 is 4.42 Å². The summed E-state index contributed by atoms with van der Waals surface area (Å²) in [4.78, 5) is 1.94. The monoisotopic (exact) mass is 284 g/mol. The SMILES string of the molecule is Brc1nnc(-c2csc3c2CCCC3)o1. The second kappa shape index (κ2) is 3.72. The summed E-state index contributed by atoms with van der Waals surface area (Å²) in [7, 11) is 0. The molecule has 0 aliphatic heterocycles. The molecule has 1 aliphatic carbocycles. The number of fused-ring (bicyclic) bond motifs is 1. The van der Waals surface area contributed by atoms with Crippen LogP contribution in [0.2, 0.25) is 0 Å². The molecule has 15 heavy (non-hydrogen) atoms. The summed E-state index contributed by atoms with van der Waals surface area (Å²) >= 11 is 4.99. The molecule has 2 aromatic heterocycles. The highest BCUT2D eigenvalue weighted by molar-refractivity contribution is 9.10. The van der Waals surface area contributed by atoms with Crippen molar-refractivity contribution in [1.82, 2.24) is 10.2 Å². The van der Waals surface area contributed by atoms with Gasteiger partial charge in [-0.15, -0.1) is 21.5 Å². The molecule has 2 heterocycles. The number of halogens is 1. The Hall–Kier alpha value is -0.680. The van der Waals surface area contributed by atoms with Gasteiger partial charge in [0.05, 0.1) is 5.56 Å². The maximum atomic E-state index is 5.40. The van der Waals surface area contributed by atoms with Gasteiger partial charge in [0, 0.05) is 26.2 Å². The lowest BCUT2D eigenvalue weighted by molar-refractivity contribution is 0.539. The molecule has 0 aromatic carbocycles. The van der Waals surface area contributed by atoms with E-state index >= 15 is 0 Å². The Morgan fingerprint density at radius 2 is 2.13 bits per heavy atom. The number of hydrogen-bond acceptors (Lipinski definition) is 4. The second-order valence-corrected chi connectivity index (χ2v) is 5.26. The van der Waals surface area contributed by atoms with E-state index in [0.717, 1.165) is 12.0 Å². The van der Waals surface area contributed by atoms with Crippen LogP contribution < -0.4 is 0 Å². The van der Waals surface area contributed by atoms with E-state index in [1.807, 2.05) is 11.3 Å². The van der Waals surface area contributed by atoms with Crippen molar-refractivity contribution in [2.75, 3.05) is 0 Å². The lowest BCUT2D eigenvalue weighted by Crippen LogP contribution is -1.99. The molecule has 1 aliphatic rings. The Morgan fingerprint density at radius 1 is 1.27 bits per heavy atom. The number of rotatable bonds is 1. The highest BCUT2D eigenvalue weighted by Gasteiger charge is 2.19. The van der Waals surface area contributed by atoms with Crippen molar-refractivity contribution in [3.8, 4) is 11.5 Å². The zero-order valence-electron chi connectivity index (χ0n) is 7.99. The van der Waals surface area contributed by atoms with Crippen molar-refractivity contribution >= 4 is 27.3 Å². The van der Waals surface area contributed by atoms with E-state index in [-0.39, 0.29) is 0 Å². The van der Waals surface area contributed by atoms with E-state index in [0.29, 0.717) is 10.7 Å².